The molecule has 3 rings (SSSR count). The minimum atomic E-state index is 0.737. The van der Waals surface area contributed by atoms with Crippen molar-refractivity contribution < 1.29 is 0 Å². The zero-order valence-corrected chi connectivity index (χ0v) is 12.5. The van der Waals surface area contributed by atoms with Gasteiger partial charge in [-0.2, -0.15) is 0 Å². The number of rotatable bonds is 3. The Morgan fingerprint density at radius 2 is 1.70 bits per heavy atom. The second-order valence-corrected chi connectivity index (χ2v) is 5.08. The molecule has 100 valence electrons. The van der Waals surface area contributed by atoms with Crippen LogP contribution in [0.15, 0.2) is 53.3 Å². The molecule has 3 aromatic rings. The molecule has 0 saturated heterocycles. The molecule has 0 spiro atoms. The van der Waals surface area contributed by atoms with Gasteiger partial charge in [0.05, 0.1) is 0 Å². The van der Waals surface area contributed by atoms with E-state index in [-0.39, 0.29) is 0 Å². The number of hydrogen-bond acceptors (Lipinski definition) is 4. The van der Waals surface area contributed by atoms with E-state index in [0.29, 0.717) is 0 Å². The third-order valence-electron chi connectivity index (χ3n) is 3.07. The molecule has 1 heterocycles. The lowest BCUT2D eigenvalue weighted by atomic mass is 10.1. The molecule has 0 atom stereocenters. The Bertz CT molecular complexity index is 752. The monoisotopic (exact) mass is 328 g/mol. The molecule has 4 nitrogen and oxygen atoms in total. The van der Waals surface area contributed by atoms with Gasteiger partial charge in [-0.1, -0.05) is 36.4 Å². The van der Waals surface area contributed by atoms with Crippen LogP contribution in [0.2, 0.25) is 0 Å². The summed E-state index contributed by atoms with van der Waals surface area (Å²) in [6.45, 7) is 0. The maximum Gasteiger partial charge on any atom is 0.150 e. The van der Waals surface area contributed by atoms with E-state index >= 15 is 0 Å². The van der Waals surface area contributed by atoms with Crippen LogP contribution in [0.4, 0.5) is 17.3 Å². The van der Waals surface area contributed by atoms with Gasteiger partial charge in [-0.05, 0) is 27.4 Å². The zero-order valence-electron chi connectivity index (χ0n) is 10.9. The van der Waals surface area contributed by atoms with E-state index in [1.165, 1.54) is 11.7 Å². The summed E-state index contributed by atoms with van der Waals surface area (Å²) in [6, 6.07) is 14.4. The molecule has 0 unspecified atom stereocenters. The molecule has 0 bridgehead atoms. The van der Waals surface area contributed by atoms with Gasteiger partial charge in [0.25, 0.3) is 0 Å². The van der Waals surface area contributed by atoms with Gasteiger partial charge in [-0.25, -0.2) is 9.97 Å². The summed E-state index contributed by atoms with van der Waals surface area (Å²) < 4.78 is 0.815. The average Bonchev–Trinajstić information content (AvgIpc) is 2.50. The van der Waals surface area contributed by atoms with Crippen molar-refractivity contribution in [2.45, 2.75) is 0 Å². The largest absolute Gasteiger partial charge is 0.372 e. The molecule has 1 aromatic heterocycles. The van der Waals surface area contributed by atoms with Crippen molar-refractivity contribution in [1.82, 2.24) is 9.97 Å². The SMILES string of the molecule is CNc1ncnc(Nc2cccc3ccccc23)c1Br. The molecule has 0 aliphatic heterocycles. The van der Waals surface area contributed by atoms with Crippen molar-refractivity contribution in [2.24, 2.45) is 0 Å². The Hall–Kier alpha value is -2.14. The van der Waals surface area contributed by atoms with Crippen LogP contribution in [0.3, 0.4) is 0 Å². The maximum absolute atomic E-state index is 4.28. The van der Waals surface area contributed by atoms with Crippen LogP contribution >= 0.6 is 15.9 Å². The van der Waals surface area contributed by atoms with E-state index in [4.69, 9.17) is 0 Å². The van der Waals surface area contributed by atoms with Crippen LogP contribution in [-0.2, 0) is 0 Å². The Balaban J connectivity index is 2.06. The fraction of sp³-hybridized carbons (Fsp3) is 0.0667. The predicted molar refractivity (Wildman–Crippen MR) is 86.5 cm³/mol. The molecule has 20 heavy (non-hydrogen) atoms. The molecule has 0 amide bonds. The molecular formula is C15H13BrN4. The van der Waals surface area contributed by atoms with Gasteiger partial charge in [0.1, 0.15) is 22.4 Å². The molecule has 2 aromatic carbocycles. The Morgan fingerprint density at radius 1 is 0.950 bits per heavy atom. The van der Waals surface area contributed by atoms with Gasteiger partial charge >= 0.3 is 0 Å². The quantitative estimate of drug-likeness (QED) is 0.757. The molecule has 2 N–H and O–H groups in total. The van der Waals surface area contributed by atoms with Crippen LogP contribution < -0.4 is 10.6 Å². The number of anilines is 3. The smallest absolute Gasteiger partial charge is 0.150 e. The fourth-order valence-corrected chi connectivity index (χ4v) is 2.60. The van der Waals surface area contributed by atoms with Crippen LogP contribution in [0.5, 0.6) is 0 Å². The highest BCUT2D eigenvalue weighted by molar-refractivity contribution is 9.10. The number of benzene rings is 2. The maximum atomic E-state index is 4.28. The van der Waals surface area contributed by atoms with Gasteiger partial charge in [0, 0.05) is 18.1 Å². The van der Waals surface area contributed by atoms with Gasteiger partial charge in [0.15, 0.2) is 0 Å². The lowest BCUT2D eigenvalue weighted by Crippen LogP contribution is -2.00. The first-order valence-electron chi connectivity index (χ1n) is 6.22. The lowest BCUT2D eigenvalue weighted by Gasteiger charge is -2.12. The third kappa shape index (κ3) is 2.32. The van der Waals surface area contributed by atoms with Gasteiger partial charge in [-0.15, -0.1) is 0 Å². The van der Waals surface area contributed by atoms with E-state index in [2.05, 4.69) is 54.7 Å². The Morgan fingerprint density at radius 3 is 2.55 bits per heavy atom. The second kappa shape index (κ2) is 5.46. The van der Waals surface area contributed by atoms with Crippen molar-refractivity contribution >= 4 is 44.0 Å². The number of nitrogens with one attached hydrogen (secondary N) is 2. The summed E-state index contributed by atoms with van der Waals surface area (Å²) in [5.74, 6) is 1.49. The minimum Gasteiger partial charge on any atom is -0.372 e. The van der Waals surface area contributed by atoms with E-state index in [9.17, 15) is 0 Å². The van der Waals surface area contributed by atoms with Gasteiger partial charge in [-0.3, -0.25) is 0 Å². The summed E-state index contributed by atoms with van der Waals surface area (Å²) >= 11 is 3.51. The number of hydrogen-bond donors (Lipinski definition) is 2. The molecule has 0 radical (unpaired) electrons. The number of nitrogens with zero attached hydrogens (tertiary/aromatic N) is 2. The van der Waals surface area contributed by atoms with Crippen LogP contribution in [-0.4, -0.2) is 17.0 Å². The average molecular weight is 329 g/mol. The molecule has 0 saturated carbocycles. The molecular weight excluding hydrogens is 316 g/mol. The third-order valence-corrected chi connectivity index (χ3v) is 3.82. The van der Waals surface area contributed by atoms with Crippen molar-refractivity contribution in [3.8, 4) is 0 Å². The van der Waals surface area contributed by atoms with Crippen molar-refractivity contribution in [1.29, 1.82) is 0 Å². The van der Waals surface area contributed by atoms with Gasteiger partial charge in [0.2, 0.25) is 0 Å². The lowest BCUT2D eigenvalue weighted by molar-refractivity contribution is 1.14. The van der Waals surface area contributed by atoms with E-state index in [1.807, 2.05) is 31.3 Å². The van der Waals surface area contributed by atoms with E-state index < -0.39 is 0 Å². The number of fused-ring (bicyclic) bond motifs is 1. The first-order chi connectivity index (χ1) is 9.79. The molecule has 0 fully saturated rings. The van der Waals surface area contributed by atoms with Crippen molar-refractivity contribution in [2.75, 3.05) is 17.7 Å². The number of halogens is 1. The fourth-order valence-electron chi connectivity index (χ4n) is 2.09. The first-order valence-corrected chi connectivity index (χ1v) is 7.02. The summed E-state index contributed by atoms with van der Waals surface area (Å²) in [5, 5.41) is 8.72. The zero-order chi connectivity index (χ0) is 13.9. The Labute approximate surface area is 125 Å². The molecule has 0 aliphatic rings. The van der Waals surface area contributed by atoms with Crippen LogP contribution in [0, 0.1) is 0 Å². The number of aromatic nitrogens is 2. The highest BCUT2D eigenvalue weighted by atomic mass is 79.9. The highest BCUT2D eigenvalue weighted by Crippen LogP contribution is 2.31. The first kappa shape index (κ1) is 12.9. The van der Waals surface area contributed by atoms with Crippen LogP contribution in [0.25, 0.3) is 10.8 Å². The van der Waals surface area contributed by atoms with E-state index in [1.54, 1.807) is 0 Å². The molecule has 0 aliphatic carbocycles. The summed E-state index contributed by atoms with van der Waals surface area (Å²) in [4.78, 5) is 8.43. The second-order valence-electron chi connectivity index (χ2n) is 4.29. The molecule has 5 heteroatoms. The van der Waals surface area contributed by atoms with Crippen molar-refractivity contribution in [3.05, 3.63) is 53.3 Å². The summed E-state index contributed by atoms with van der Waals surface area (Å²) in [5.41, 5.74) is 1.02. The Kier molecular flexibility index (Phi) is 3.52. The standard InChI is InChI=1S/C15H13BrN4/c1-17-14-13(16)15(19-9-18-14)20-12-8-4-6-10-5-2-3-7-11(10)12/h2-9H,1H3,(H2,17,18,19,20). The summed E-state index contributed by atoms with van der Waals surface area (Å²) in [6.07, 6.45) is 1.53. The normalized spacial score (nSPS) is 10.5. The highest BCUT2D eigenvalue weighted by Gasteiger charge is 2.08. The van der Waals surface area contributed by atoms with Crippen LogP contribution in [0.1, 0.15) is 0 Å². The van der Waals surface area contributed by atoms with Crippen molar-refractivity contribution in [3.63, 3.8) is 0 Å². The minimum absolute atomic E-state index is 0.737. The predicted octanol–water partition coefficient (Wildman–Crippen LogP) is 4.18. The van der Waals surface area contributed by atoms with Gasteiger partial charge < -0.3 is 10.6 Å². The summed E-state index contributed by atoms with van der Waals surface area (Å²) in [7, 11) is 1.83. The van der Waals surface area contributed by atoms with E-state index in [0.717, 1.165) is 27.2 Å². The topological polar surface area (TPSA) is 49.8 Å².